The van der Waals surface area contributed by atoms with Crippen LogP contribution < -0.4 is 0 Å². The highest BCUT2D eigenvalue weighted by Crippen LogP contribution is 2.10. The largest absolute Gasteiger partial charge is 0.212 e. The smallest absolute Gasteiger partial charge is 0.123 e. The first-order chi connectivity index (χ1) is 5.07. The average molecular weight is 158 g/mol. The molecule has 0 bridgehead atoms. The van der Waals surface area contributed by atoms with Gasteiger partial charge in [-0.1, -0.05) is 6.08 Å². The summed E-state index contributed by atoms with van der Waals surface area (Å²) in [5.74, 6) is -0.786. The van der Waals surface area contributed by atoms with Crippen LogP contribution in [0.2, 0.25) is 0 Å². The Labute approximate surface area is 65.9 Å². The summed E-state index contributed by atoms with van der Waals surface area (Å²) < 4.78 is 24.9. The molecule has 0 radical (unpaired) electrons. The molecular formula is C9H12F2. The van der Waals surface area contributed by atoms with Crippen LogP contribution in [0.5, 0.6) is 0 Å². The van der Waals surface area contributed by atoms with Crippen molar-refractivity contribution in [1.82, 2.24) is 0 Å². The molecule has 0 aliphatic rings. The molecule has 0 saturated heterocycles. The van der Waals surface area contributed by atoms with Gasteiger partial charge in [0.15, 0.2) is 0 Å². The summed E-state index contributed by atoms with van der Waals surface area (Å²) >= 11 is 0. The van der Waals surface area contributed by atoms with Gasteiger partial charge in [0.05, 0.1) is 5.83 Å². The summed E-state index contributed by atoms with van der Waals surface area (Å²) in [6, 6.07) is 0. The average Bonchev–Trinajstić information content (AvgIpc) is 1.87. The number of hydrogen-bond acceptors (Lipinski definition) is 0. The van der Waals surface area contributed by atoms with Crippen molar-refractivity contribution < 1.29 is 8.78 Å². The first-order valence-electron chi connectivity index (χ1n) is 3.40. The molecule has 0 aromatic heterocycles. The number of rotatable bonds is 2. The molecule has 0 saturated carbocycles. The molecule has 0 fully saturated rings. The molecule has 0 aromatic rings. The van der Waals surface area contributed by atoms with Gasteiger partial charge in [0.2, 0.25) is 0 Å². The number of allylic oxidation sites excluding steroid dienone is 6. The van der Waals surface area contributed by atoms with E-state index in [1.165, 1.54) is 19.9 Å². The van der Waals surface area contributed by atoms with E-state index in [0.717, 1.165) is 6.08 Å². The molecule has 0 aromatic carbocycles. The predicted octanol–water partition coefficient (Wildman–Crippen LogP) is 3.68. The van der Waals surface area contributed by atoms with Crippen molar-refractivity contribution in [3.8, 4) is 0 Å². The van der Waals surface area contributed by atoms with Crippen molar-refractivity contribution >= 4 is 0 Å². The topological polar surface area (TPSA) is 0 Å². The molecule has 0 amide bonds. The van der Waals surface area contributed by atoms with Crippen LogP contribution in [0.4, 0.5) is 8.78 Å². The Hall–Kier alpha value is -0.920. The van der Waals surface area contributed by atoms with Gasteiger partial charge in [0.25, 0.3) is 0 Å². The SMILES string of the molecule is C\C=C/C(F)=C\C(C)=C(/C)F. The molecule has 0 nitrogen and oxygen atoms in total. The van der Waals surface area contributed by atoms with Gasteiger partial charge < -0.3 is 0 Å². The molecule has 0 spiro atoms. The fourth-order valence-electron chi connectivity index (χ4n) is 0.514. The second-order valence-electron chi connectivity index (χ2n) is 2.25. The summed E-state index contributed by atoms with van der Waals surface area (Å²) in [4.78, 5) is 0. The fraction of sp³-hybridized carbons (Fsp3) is 0.333. The van der Waals surface area contributed by atoms with Crippen LogP contribution in [-0.4, -0.2) is 0 Å². The van der Waals surface area contributed by atoms with Crippen molar-refractivity contribution in [2.45, 2.75) is 20.8 Å². The van der Waals surface area contributed by atoms with E-state index in [2.05, 4.69) is 0 Å². The maximum absolute atomic E-state index is 12.6. The van der Waals surface area contributed by atoms with Crippen LogP contribution >= 0.6 is 0 Å². The summed E-state index contributed by atoms with van der Waals surface area (Å²) in [5.41, 5.74) is 0.320. The minimum atomic E-state index is -0.429. The highest BCUT2D eigenvalue weighted by Gasteiger charge is 1.92. The maximum Gasteiger partial charge on any atom is 0.123 e. The van der Waals surface area contributed by atoms with Gasteiger partial charge in [0, 0.05) is 0 Å². The van der Waals surface area contributed by atoms with E-state index in [1.807, 2.05) is 0 Å². The number of halogens is 2. The van der Waals surface area contributed by atoms with Crippen LogP contribution in [0, 0.1) is 0 Å². The lowest BCUT2D eigenvalue weighted by Crippen LogP contribution is -1.74. The Kier molecular flexibility index (Phi) is 4.42. The molecule has 0 heterocycles. The van der Waals surface area contributed by atoms with E-state index < -0.39 is 5.83 Å². The van der Waals surface area contributed by atoms with Crippen molar-refractivity contribution in [1.29, 1.82) is 0 Å². The molecule has 0 rings (SSSR count). The third kappa shape index (κ3) is 4.48. The highest BCUT2D eigenvalue weighted by atomic mass is 19.1. The zero-order chi connectivity index (χ0) is 8.85. The first kappa shape index (κ1) is 10.1. The summed E-state index contributed by atoms with van der Waals surface area (Å²) in [5, 5.41) is 0. The molecule has 0 aliphatic heterocycles. The zero-order valence-corrected chi connectivity index (χ0v) is 6.99. The normalized spacial score (nSPS) is 15.5. The Morgan fingerprint density at radius 3 is 2.09 bits per heavy atom. The number of hydrogen-bond donors (Lipinski definition) is 0. The monoisotopic (exact) mass is 158 g/mol. The second kappa shape index (κ2) is 4.83. The van der Waals surface area contributed by atoms with Crippen LogP contribution in [0.3, 0.4) is 0 Å². The van der Waals surface area contributed by atoms with E-state index in [0.29, 0.717) is 5.57 Å². The van der Waals surface area contributed by atoms with Crippen LogP contribution in [0.25, 0.3) is 0 Å². The molecule has 0 aliphatic carbocycles. The van der Waals surface area contributed by atoms with Crippen molar-refractivity contribution in [2.75, 3.05) is 0 Å². The lowest BCUT2D eigenvalue weighted by atomic mass is 10.2. The molecule has 0 atom stereocenters. The van der Waals surface area contributed by atoms with E-state index in [9.17, 15) is 8.78 Å². The van der Waals surface area contributed by atoms with Gasteiger partial charge in [0.1, 0.15) is 5.83 Å². The Balaban J connectivity index is 4.44. The minimum absolute atomic E-state index is 0.320. The molecular weight excluding hydrogens is 146 g/mol. The standard InChI is InChI=1S/C9H12F2/c1-4-5-9(11)6-7(2)8(3)10/h4-6H,1-3H3/b5-4-,8-7+,9-6+. The van der Waals surface area contributed by atoms with Gasteiger partial charge in [-0.05, 0) is 38.5 Å². The summed E-state index contributed by atoms with van der Waals surface area (Å²) in [7, 11) is 0. The maximum atomic E-state index is 12.6. The predicted molar refractivity (Wildman–Crippen MR) is 43.5 cm³/mol. The molecule has 11 heavy (non-hydrogen) atoms. The van der Waals surface area contributed by atoms with Gasteiger partial charge >= 0.3 is 0 Å². The molecule has 2 heteroatoms. The molecule has 0 N–H and O–H groups in total. The van der Waals surface area contributed by atoms with Crippen molar-refractivity contribution in [2.24, 2.45) is 0 Å². The van der Waals surface area contributed by atoms with Crippen LogP contribution in [0.1, 0.15) is 20.8 Å². The van der Waals surface area contributed by atoms with E-state index >= 15 is 0 Å². The minimum Gasteiger partial charge on any atom is -0.212 e. The quantitative estimate of drug-likeness (QED) is 0.538. The third-order valence-electron chi connectivity index (χ3n) is 1.22. The van der Waals surface area contributed by atoms with Crippen LogP contribution in [0.15, 0.2) is 35.5 Å². The van der Waals surface area contributed by atoms with E-state index in [4.69, 9.17) is 0 Å². The van der Waals surface area contributed by atoms with Gasteiger partial charge in [-0.25, -0.2) is 8.78 Å². The highest BCUT2D eigenvalue weighted by molar-refractivity contribution is 5.25. The van der Waals surface area contributed by atoms with E-state index in [-0.39, 0.29) is 5.83 Å². The van der Waals surface area contributed by atoms with Crippen molar-refractivity contribution in [3.63, 3.8) is 0 Å². The fourth-order valence-corrected chi connectivity index (χ4v) is 0.514. The van der Waals surface area contributed by atoms with Crippen LogP contribution in [-0.2, 0) is 0 Å². The Bertz CT molecular complexity index is 206. The third-order valence-corrected chi connectivity index (χ3v) is 1.22. The Morgan fingerprint density at radius 1 is 1.18 bits per heavy atom. The lowest BCUT2D eigenvalue weighted by Gasteiger charge is -1.91. The van der Waals surface area contributed by atoms with Gasteiger partial charge in [-0.2, -0.15) is 0 Å². The summed E-state index contributed by atoms with van der Waals surface area (Å²) in [6.45, 7) is 4.53. The molecule has 62 valence electrons. The molecule has 0 unspecified atom stereocenters. The van der Waals surface area contributed by atoms with E-state index in [1.54, 1.807) is 13.0 Å². The zero-order valence-electron chi connectivity index (χ0n) is 6.99. The second-order valence-corrected chi connectivity index (χ2v) is 2.25. The summed E-state index contributed by atoms with van der Waals surface area (Å²) in [6.07, 6.45) is 4.01. The first-order valence-corrected chi connectivity index (χ1v) is 3.40. The van der Waals surface area contributed by atoms with Gasteiger partial charge in [-0.3, -0.25) is 0 Å². The lowest BCUT2D eigenvalue weighted by molar-refractivity contribution is 0.626. The Morgan fingerprint density at radius 2 is 1.73 bits per heavy atom. The van der Waals surface area contributed by atoms with Gasteiger partial charge in [-0.15, -0.1) is 0 Å². The van der Waals surface area contributed by atoms with Crippen molar-refractivity contribution in [3.05, 3.63) is 35.5 Å².